The number of hydrogen-bond acceptors (Lipinski definition) is 4. The summed E-state index contributed by atoms with van der Waals surface area (Å²) in [5.41, 5.74) is 7.73. The molecule has 1 atom stereocenters. The molecule has 0 bridgehead atoms. The second-order valence-corrected chi connectivity index (χ2v) is 6.55. The SMILES string of the molecule is Cc1cc(Br)ccc1NC(=O)CN1CCN(C)CC1CN. The minimum Gasteiger partial charge on any atom is -0.329 e. The van der Waals surface area contributed by atoms with E-state index in [2.05, 4.69) is 38.1 Å². The first kappa shape index (κ1) is 16.4. The van der Waals surface area contributed by atoms with Crippen molar-refractivity contribution in [1.29, 1.82) is 0 Å². The third-order valence-electron chi connectivity index (χ3n) is 3.89. The zero-order valence-electron chi connectivity index (χ0n) is 12.6. The number of carbonyl (C=O) groups is 1. The van der Waals surface area contributed by atoms with Gasteiger partial charge in [-0.05, 0) is 37.7 Å². The van der Waals surface area contributed by atoms with Crippen molar-refractivity contribution in [1.82, 2.24) is 9.80 Å². The topological polar surface area (TPSA) is 61.6 Å². The Bertz CT molecular complexity index is 508. The lowest BCUT2D eigenvalue weighted by Gasteiger charge is -2.39. The van der Waals surface area contributed by atoms with Gasteiger partial charge in [0.1, 0.15) is 0 Å². The van der Waals surface area contributed by atoms with Gasteiger partial charge in [0, 0.05) is 42.4 Å². The minimum atomic E-state index is 0.0171. The summed E-state index contributed by atoms with van der Waals surface area (Å²) in [6.45, 7) is 5.73. The number of piperazine rings is 1. The Hall–Kier alpha value is -0.950. The van der Waals surface area contributed by atoms with Crippen LogP contribution in [0.1, 0.15) is 5.56 Å². The van der Waals surface area contributed by atoms with E-state index in [1.807, 2.05) is 25.1 Å². The van der Waals surface area contributed by atoms with Crippen LogP contribution in [0.25, 0.3) is 0 Å². The normalized spacial score (nSPS) is 20.5. The lowest BCUT2D eigenvalue weighted by Crippen LogP contribution is -2.56. The number of nitrogens with zero attached hydrogens (tertiary/aromatic N) is 2. The first-order chi connectivity index (χ1) is 9.99. The van der Waals surface area contributed by atoms with Crippen molar-refractivity contribution in [2.75, 3.05) is 45.1 Å². The maximum atomic E-state index is 12.2. The van der Waals surface area contributed by atoms with Gasteiger partial charge in [-0.1, -0.05) is 15.9 Å². The van der Waals surface area contributed by atoms with Crippen molar-refractivity contribution in [3.05, 3.63) is 28.2 Å². The molecule has 6 heteroatoms. The highest BCUT2D eigenvalue weighted by Gasteiger charge is 2.25. The van der Waals surface area contributed by atoms with Gasteiger partial charge in [-0.3, -0.25) is 9.69 Å². The van der Waals surface area contributed by atoms with Gasteiger partial charge in [-0.25, -0.2) is 0 Å². The number of anilines is 1. The van der Waals surface area contributed by atoms with Gasteiger partial charge in [0.2, 0.25) is 5.91 Å². The second-order valence-electron chi connectivity index (χ2n) is 5.63. The lowest BCUT2D eigenvalue weighted by molar-refractivity contribution is -0.118. The molecule has 3 N–H and O–H groups in total. The molecule has 1 unspecified atom stereocenters. The highest BCUT2D eigenvalue weighted by atomic mass is 79.9. The van der Waals surface area contributed by atoms with Crippen molar-refractivity contribution in [2.24, 2.45) is 5.73 Å². The first-order valence-corrected chi connectivity index (χ1v) is 7.97. The molecule has 1 aromatic carbocycles. The zero-order valence-corrected chi connectivity index (χ0v) is 14.2. The smallest absolute Gasteiger partial charge is 0.238 e. The Kier molecular flexibility index (Phi) is 5.75. The molecule has 1 saturated heterocycles. The maximum absolute atomic E-state index is 12.2. The number of aryl methyl sites for hydroxylation is 1. The molecule has 0 spiro atoms. The van der Waals surface area contributed by atoms with Crippen LogP contribution in [0.4, 0.5) is 5.69 Å². The van der Waals surface area contributed by atoms with Gasteiger partial charge < -0.3 is 16.0 Å². The van der Waals surface area contributed by atoms with Crippen LogP contribution in [-0.4, -0.2) is 61.5 Å². The number of nitrogens with one attached hydrogen (secondary N) is 1. The standard InChI is InChI=1S/C15H23BrN4O/c1-11-7-12(16)3-4-14(11)18-15(21)10-20-6-5-19(2)9-13(20)8-17/h3-4,7,13H,5-6,8-10,17H2,1-2H3,(H,18,21). The van der Waals surface area contributed by atoms with Gasteiger partial charge in [-0.15, -0.1) is 0 Å². The fourth-order valence-electron chi connectivity index (χ4n) is 2.62. The van der Waals surface area contributed by atoms with Crippen LogP contribution in [0.15, 0.2) is 22.7 Å². The third-order valence-corrected chi connectivity index (χ3v) is 4.38. The number of likely N-dealkylation sites (N-methyl/N-ethyl adjacent to an activating group) is 1. The van der Waals surface area contributed by atoms with E-state index >= 15 is 0 Å². The fraction of sp³-hybridized carbons (Fsp3) is 0.533. The van der Waals surface area contributed by atoms with Crippen molar-refractivity contribution in [3.63, 3.8) is 0 Å². The molecule has 0 aromatic heterocycles. The molecule has 1 aromatic rings. The van der Waals surface area contributed by atoms with Gasteiger partial charge in [0.05, 0.1) is 6.54 Å². The molecule has 0 radical (unpaired) electrons. The van der Waals surface area contributed by atoms with E-state index in [1.54, 1.807) is 0 Å². The quantitative estimate of drug-likeness (QED) is 0.854. The van der Waals surface area contributed by atoms with Crippen LogP contribution in [-0.2, 0) is 4.79 Å². The van der Waals surface area contributed by atoms with Crippen LogP contribution in [0.2, 0.25) is 0 Å². The van der Waals surface area contributed by atoms with Crippen molar-refractivity contribution in [2.45, 2.75) is 13.0 Å². The van der Waals surface area contributed by atoms with Gasteiger partial charge in [0.15, 0.2) is 0 Å². The maximum Gasteiger partial charge on any atom is 0.238 e. The predicted molar refractivity (Wildman–Crippen MR) is 89.4 cm³/mol. The number of hydrogen-bond donors (Lipinski definition) is 2. The van der Waals surface area contributed by atoms with Gasteiger partial charge >= 0.3 is 0 Å². The van der Waals surface area contributed by atoms with Crippen molar-refractivity contribution >= 4 is 27.5 Å². The Balaban J connectivity index is 1.94. The summed E-state index contributed by atoms with van der Waals surface area (Å²) in [6.07, 6.45) is 0. The molecule has 1 fully saturated rings. The molecule has 1 amide bonds. The zero-order chi connectivity index (χ0) is 15.4. The number of carbonyl (C=O) groups excluding carboxylic acids is 1. The third kappa shape index (κ3) is 4.51. The summed E-state index contributed by atoms with van der Waals surface area (Å²) in [4.78, 5) is 16.7. The summed E-state index contributed by atoms with van der Waals surface area (Å²) >= 11 is 3.43. The number of benzene rings is 1. The van der Waals surface area contributed by atoms with Crippen LogP contribution in [0, 0.1) is 6.92 Å². The highest BCUT2D eigenvalue weighted by molar-refractivity contribution is 9.10. The molecule has 2 rings (SSSR count). The van der Waals surface area contributed by atoms with Crippen molar-refractivity contribution in [3.8, 4) is 0 Å². The van der Waals surface area contributed by atoms with E-state index in [-0.39, 0.29) is 11.9 Å². The van der Waals surface area contributed by atoms with E-state index in [4.69, 9.17) is 5.73 Å². The molecule has 0 saturated carbocycles. The average Bonchev–Trinajstić information content (AvgIpc) is 2.44. The number of rotatable bonds is 4. The molecule has 0 aliphatic carbocycles. The number of nitrogens with two attached hydrogens (primary N) is 1. The highest BCUT2D eigenvalue weighted by Crippen LogP contribution is 2.20. The molecule has 1 aliphatic heterocycles. The Morgan fingerprint density at radius 3 is 2.90 bits per heavy atom. The molecular formula is C15H23BrN4O. The van der Waals surface area contributed by atoms with Gasteiger partial charge in [0.25, 0.3) is 0 Å². The summed E-state index contributed by atoms with van der Waals surface area (Å²) in [5, 5.41) is 2.98. The summed E-state index contributed by atoms with van der Waals surface area (Å²) < 4.78 is 1.01. The van der Waals surface area contributed by atoms with Crippen LogP contribution in [0.5, 0.6) is 0 Å². The fourth-order valence-corrected chi connectivity index (χ4v) is 3.10. The lowest BCUT2D eigenvalue weighted by atomic mass is 10.1. The summed E-state index contributed by atoms with van der Waals surface area (Å²) in [5.74, 6) is 0.0171. The number of halogens is 1. The van der Waals surface area contributed by atoms with Crippen LogP contribution < -0.4 is 11.1 Å². The molecule has 1 heterocycles. The molecule has 5 nitrogen and oxygen atoms in total. The Morgan fingerprint density at radius 1 is 1.48 bits per heavy atom. The minimum absolute atomic E-state index is 0.0171. The molecular weight excluding hydrogens is 332 g/mol. The van der Waals surface area contributed by atoms with Crippen LogP contribution >= 0.6 is 15.9 Å². The van der Waals surface area contributed by atoms with E-state index in [0.29, 0.717) is 13.1 Å². The summed E-state index contributed by atoms with van der Waals surface area (Å²) in [7, 11) is 2.09. The van der Waals surface area contributed by atoms with E-state index in [1.165, 1.54) is 0 Å². The first-order valence-electron chi connectivity index (χ1n) is 7.18. The van der Waals surface area contributed by atoms with Crippen LogP contribution in [0.3, 0.4) is 0 Å². The average molecular weight is 355 g/mol. The van der Waals surface area contributed by atoms with Gasteiger partial charge in [-0.2, -0.15) is 0 Å². The Labute approximate surface area is 134 Å². The summed E-state index contributed by atoms with van der Waals surface area (Å²) in [6, 6.07) is 6.09. The number of amides is 1. The van der Waals surface area contributed by atoms with E-state index in [0.717, 1.165) is 35.4 Å². The largest absolute Gasteiger partial charge is 0.329 e. The van der Waals surface area contributed by atoms with Crippen molar-refractivity contribution < 1.29 is 4.79 Å². The van der Waals surface area contributed by atoms with E-state index in [9.17, 15) is 4.79 Å². The second kappa shape index (κ2) is 7.35. The molecule has 21 heavy (non-hydrogen) atoms. The molecule has 1 aliphatic rings. The predicted octanol–water partition coefficient (Wildman–Crippen LogP) is 1.27. The monoisotopic (exact) mass is 354 g/mol. The van der Waals surface area contributed by atoms with E-state index < -0.39 is 0 Å². The molecule has 116 valence electrons. The Morgan fingerprint density at radius 2 is 2.24 bits per heavy atom.